The number of anilines is 1. The molecule has 0 saturated carbocycles. The van der Waals surface area contributed by atoms with E-state index in [1.807, 2.05) is 11.9 Å². The van der Waals surface area contributed by atoms with Crippen LogP contribution in [0.25, 0.3) is 0 Å². The highest BCUT2D eigenvalue weighted by atomic mass is 32.1. The molecule has 0 unspecified atom stereocenters. The largest absolute Gasteiger partial charge is 0.365 e. The molecule has 1 heterocycles. The van der Waals surface area contributed by atoms with Gasteiger partial charge in [-0.05, 0) is 24.5 Å². The first-order valence-corrected chi connectivity index (χ1v) is 4.65. The van der Waals surface area contributed by atoms with Crippen LogP contribution in [0.2, 0.25) is 0 Å². The molecule has 0 radical (unpaired) electrons. The number of aromatic nitrogens is 1. The number of aromatic amines is 1. The standard InChI is InChI=1S/C7H13N3OS/c1-10(4-2-3-8)7-5-6(11)9-12-7/h5H,2-4,8H2,1H3,(H,9,11). The van der Waals surface area contributed by atoms with Crippen LogP contribution in [0.1, 0.15) is 6.42 Å². The normalized spacial score (nSPS) is 10.2. The molecule has 0 fully saturated rings. The minimum Gasteiger partial charge on any atom is -0.365 e. The van der Waals surface area contributed by atoms with E-state index in [0.29, 0.717) is 6.54 Å². The number of nitrogens with two attached hydrogens (primary N) is 1. The summed E-state index contributed by atoms with van der Waals surface area (Å²) < 4.78 is 2.64. The van der Waals surface area contributed by atoms with Gasteiger partial charge >= 0.3 is 0 Å². The summed E-state index contributed by atoms with van der Waals surface area (Å²) in [5.41, 5.74) is 5.33. The highest BCUT2D eigenvalue weighted by Gasteiger charge is 2.02. The highest BCUT2D eigenvalue weighted by molar-refractivity contribution is 7.10. The molecule has 68 valence electrons. The summed E-state index contributed by atoms with van der Waals surface area (Å²) in [6.07, 6.45) is 0.947. The van der Waals surface area contributed by atoms with Crippen molar-refractivity contribution in [2.75, 3.05) is 25.0 Å². The van der Waals surface area contributed by atoms with Crippen molar-refractivity contribution >= 4 is 16.5 Å². The van der Waals surface area contributed by atoms with Crippen LogP contribution in [-0.4, -0.2) is 24.5 Å². The van der Waals surface area contributed by atoms with Crippen molar-refractivity contribution in [3.05, 3.63) is 16.4 Å². The van der Waals surface area contributed by atoms with E-state index in [-0.39, 0.29) is 5.56 Å². The number of nitrogens with zero attached hydrogens (tertiary/aromatic N) is 1. The Labute approximate surface area is 75.2 Å². The van der Waals surface area contributed by atoms with Crippen molar-refractivity contribution in [1.82, 2.24) is 4.37 Å². The van der Waals surface area contributed by atoms with Gasteiger partial charge in [-0.1, -0.05) is 0 Å². The molecule has 0 spiro atoms. The Bertz CT molecular complexity index is 280. The van der Waals surface area contributed by atoms with Gasteiger partial charge in [0.05, 0.1) is 0 Å². The molecule has 0 aliphatic heterocycles. The van der Waals surface area contributed by atoms with Gasteiger partial charge in [-0.3, -0.25) is 9.17 Å². The van der Waals surface area contributed by atoms with Crippen molar-refractivity contribution in [2.24, 2.45) is 5.73 Å². The maximum Gasteiger partial charge on any atom is 0.260 e. The van der Waals surface area contributed by atoms with E-state index in [4.69, 9.17) is 5.73 Å². The Kier molecular flexibility index (Phi) is 3.31. The summed E-state index contributed by atoms with van der Waals surface area (Å²) in [6, 6.07) is 1.60. The molecule has 0 aliphatic carbocycles. The quantitative estimate of drug-likeness (QED) is 0.709. The summed E-state index contributed by atoms with van der Waals surface area (Å²) in [7, 11) is 1.95. The molecule has 12 heavy (non-hydrogen) atoms. The molecular weight excluding hydrogens is 174 g/mol. The fraction of sp³-hybridized carbons (Fsp3) is 0.571. The van der Waals surface area contributed by atoms with E-state index in [9.17, 15) is 4.79 Å². The first kappa shape index (κ1) is 9.28. The van der Waals surface area contributed by atoms with Crippen LogP contribution >= 0.6 is 11.5 Å². The summed E-state index contributed by atoms with van der Waals surface area (Å²) in [5.74, 6) is 0. The van der Waals surface area contributed by atoms with Crippen LogP contribution in [0.15, 0.2) is 10.9 Å². The molecule has 0 saturated heterocycles. The molecule has 5 heteroatoms. The second-order valence-corrected chi connectivity index (χ2v) is 3.44. The molecule has 4 nitrogen and oxygen atoms in total. The van der Waals surface area contributed by atoms with Gasteiger partial charge in [-0.15, -0.1) is 0 Å². The van der Waals surface area contributed by atoms with Crippen molar-refractivity contribution in [3.8, 4) is 0 Å². The molecule has 1 aromatic rings. The summed E-state index contributed by atoms with van der Waals surface area (Å²) in [4.78, 5) is 12.8. The second-order valence-electron chi connectivity index (χ2n) is 2.61. The van der Waals surface area contributed by atoms with E-state index >= 15 is 0 Å². The molecular formula is C7H13N3OS. The Hall–Kier alpha value is -0.810. The zero-order valence-electron chi connectivity index (χ0n) is 7.04. The smallest absolute Gasteiger partial charge is 0.260 e. The zero-order valence-corrected chi connectivity index (χ0v) is 7.86. The van der Waals surface area contributed by atoms with E-state index < -0.39 is 0 Å². The van der Waals surface area contributed by atoms with Crippen LogP contribution < -0.4 is 16.2 Å². The minimum absolute atomic E-state index is 0.0328. The third kappa shape index (κ3) is 2.35. The van der Waals surface area contributed by atoms with Crippen molar-refractivity contribution in [1.29, 1.82) is 0 Å². The number of H-pyrrole nitrogens is 1. The third-order valence-electron chi connectivity index (χ3n) is 1.58. The van der Waals surface area contributed by atoms with Crippen molar-refractivity contribution < 1.29 is 0 Å². The molecule has 0 bridgehead atoms. The maximum atomic E-state index is 10.8. The fourth-order valence-electron chi connectivity index (χ4n) is 0.900. The molecule has 0 aliphatic rings. The lowest BCUT2D eigenvalue weighted by atomic mass is 10.4. The maximum absolute atomic E-state index is 10.8. The fourth-order valence-corrected chi connectivity index (χ4v) is 1.58. The highest BCUT2D eigenvalue weighted by Crippen LogP contribution is 2.13. The Balaban J connectivity index is 2.53. The lowest BCUT2D eigenvalue weighted by molar-refractivity contribution is 0.800. The van der Waals surface area contributed by atoms with Gasteiger partial charge in [0.1, 0.15) is 5.00 Å². The predicted octanol–water partition coefficient (Wildman–Crippen LogP) is 0.221. The van der Waals surface area contributed by atoms with Crippen LogP contribution in [-0.2, 0) is 0 Å². The number of hydrogen-bond acceptors (Lipinski definition) is 4. The first-order chi connectivity index (χ1) is 5.74. The number of nitrogens with one attached hydrogen (secondary N) is 1. The lowest BCUT2D eigenvalue weighted by Crippen LogP contribution is -2.20. The summed E-state index contributed by atoms with van der Waals surface area (Å²) >= 11 is 1.36. The monoisotopic (exact) mass is 187 g/mol. The number of hydrogen-bond donors (Lipinski definition) is 2. The van der Waals surface area contributed by atoms with Gasteiger partial charge in [0.25, 0.3) is 5.56 Å². The van der Waals surface area contributed by atoms with Crippen LogP contribution in [0.3, 0.4) is 0 Å². The first-order valence-electron chi connectivity index (χ1n) is 3.84. The Morgan fingerprint density at radius 2 is 2.50 bits per heavy atom. The van der Waals surface area contributed by atoms with Gasteiger partial charge in [-0.25, -0.2) is 0 Å². The predicted molar refractivity (Wildman–Crippen MR) is 51.9 cm³/mol. The lowest BCUT2D eigenvalue weighted by Gasteiger charge is -2.14. The van der Waals surface area contributed by atoms with Crippen molar-refractivity contribution in [3.63, 3.8) is 0 Å². The van der Waals surface area contributed by atoms with Gasteiger partial charge in [0.2, 0.25) is 0 Å². The van der Waals surface area contributed by atoms with Crippen molar-refractivity contribution in [2.45, 2.75) is 6.42 Å². The van der Waals surface area contributed by atoms with Gasteiger partial charge in [-0.2, -0.15) is 0 Å². The third-order valence-corrected chi connectivity index (χ3v) is 2.53. The average Bonchev–Trinajstić information content (AvgIpc) is 2.47. The van der Waals surface area contributed by atoms with Crippen LogP contribution in [0.4, 0.5) is 5.00 Å². The zero-order chi connectivity index (χ0) is 8.97. The van der Waals surface area contributed by atoms with Gasteiger partial charge in [0.15, 0.2) is 0 Å². The van der Waals surface area contributed by atoms with E-state index in [2.05, 4.69) is 4.37 Å². The Morgan fingerprint density at radius 1 is 1.75 bits per heavy atom. The van der Waals surface area contributed by atoms with E-state index in [1.54, 1.807) is 6.07 Å². The number of rotatable bonds is 4. The second kappa shape index (κ2) is 4.27. The minimum atomic E-state index is -0.0328. The van der Waals surface area contributed by atoms with E-state index in [0.717, 1.165) is 18.0 Å². The van der Waals surface area contributed by atoms with Crippen LogP contribution in [0.5, 0.6) is 0 Å². The summed E-state index contributed by atoms with van der Waals surface area (Å²) in [6.45, 7) is 1.58. The molecule has 1 aromatic heterocycles. The van der Waals surface area contributed by atoms with E-state index in [1.165, 1.54) is 11.5 Å². The molecule has 0 amide bonds. The van der Waals surface area contributed by atoms with Gasteiger partial charge in [0, 0.05) is 19.7 Å². The topological polar surface area (TPSA) is 62.1 Å². The Morgan fingerprint density at radius 3 is 3.00 bits per heavy atom. The average molecular weight is 187 g/mol. The SMILES string of the molecule is CN(CCCN)c1cc(=O)[nH]s1. The molecule has 0 atom stereocenters. The van der Waals surface area contributed by atoms with Gasteiger partial charge < -0.3 is 10.6 Å². The summed E-state index contributed by atoms with van der Waals surface area (Å²) in [5, 5.41) is 0.966. The molecule has 3 N–H and O–H groups in total. The molecule has 1 rings (SSSR count). The molecule has 0 aromatic carbocycles. The van der Waals surface area contributed by atoms with Crippen LogP contribution in [0, 0.1) is 0 Å².